The van der Waals surface area contributed by atoms with Gasteiger partial charge in [0.1, 0.15) is 0 Å². The predicted octanol–water partition coefficient (Wildman–Crippen LogP) is 3.33. The lowest BCUT2D eigenvalue weighted by atomic mass is 9.65. The Kier molecular flexibility index (Phi) is 5.86. The van der Waals surface area contributed by atoms with Crippen molar-refractivity contribution in [2.24, 2.45) is 10.4 Å². The molecule has 25 heavy (non-hydrogen) atoms. The third-order valence-corrected chi connectivity index (χ3v) is 5.58. The highest BCUT2D eigenvalue weighted by Crippen LogP contribution is 2.46. The molecule has 1 aromatic rings. The molecule has 0 saturated carbocycles. The van der Waals surface area contributed by atoms with Gasteiger partial charge in [-0.3, -0.25) is 4.99 Å². The zero-order chi connectivity index (χ0) is 18.7. The Bertz CT molecular complexity index is 623. The smallest absolute Gasteiger partial charge is 0.194 e. The molecule has 0 spiro atoms. The maximum atomic E-state index is 5.38. The summed E-state index contributed by atoms with van der Waals surface area (Å²) in [5, 5.41) is 3.44. The summed E-state index contributed by atoms with van der Waals surface area (Å²) >= 11 is 0. The Morgan fingerprint density at radius 2 is 1.84 bits per heavy atom. The van der Waals surface area contributed by atoms with Gasteiger partial charge in [-0.25, -0.2) is 0 Å². The van der Waals surface area contributed by atoms with Crippen molar-refractivity contribution >= 4 is 5.96 Å². The lowest BCUT2D eigenvalue weighted by Crippen LogP contribution is -2.72. The van der Waals surface area contributed by atoms with E-state index in [-0.39, 0.29) is 5.54 Å². The summed E-state index contributed by atoms with van der Waals surface area (Å²) in [7, 11) is 3.32. The Morgan fingerprint density at radius 1 is 1.16 bits per heavy atom. The molecule has 0 unspecified atom stereocenters. The minimum Gasteiger partial charge on any atom is -0.493 e. The zero-order valence-corrected chi connectivity index (χ0v) is 16.8. The average Bonchev–Trinajstić information content (AvgIpc) is 2.58. The van der Waals surface area contributed by atoms with Gasteiger partial charge in [0.25, 0.3) is 0 Å². The number of hydrogen-bond donors (Lipinski definition) is 1. The maximum Gasteiger partial charge on any atom is 0.194 e. The highest BCUT2D eigenvalue weighted by Gasteiger charge is 2.53. The number of methoxy groups -OCH3 is 2. The van der Waals surface area contributed by atoms with Gasteiger partial charge in [-0.2, -0.15) is 0 Å². The van der Waals surface area contributed by atoms with E-state index in [0.29, 0.717) is 5.41 Å². The van der Waals surface area contributed by atoms with Crippen LogP contribution in [0.4, 0.5) is 0 Å². The molecule has 1 aromatic carbocycles. The van der Waals surface area contributed by atoms with Crippen molar-refractivity contribution in [3.05, 3.63) is 23.8 Å². The summed E-state index contributed by atoms with van der Waals surface area (Å²) in [5.74, 6) is 2.53. The van der Waals surface area contributed by atoms with Crippen molar-refractivity contribution in [1.82, 2.24) is 10.2 Å². The molecule has 2 rings (SSSR count). The molecule has 1 heterocycles. The van der Waals surface area contributed by atoms with Gasteiger partial charge in [-0.05, 0) is 44.9 Å². The molecule has 5 nitrogen and oxygen atoms in total. The molecule has 1 fully saturated rings. The van der Waals surface area contributed by atoms with Crippen molar-refractivity contribution in [2.75, 3.05) is 33.9 Å². The largest absolute Gasteiger partial charge is 0.493 e. The van der Waals surface area contributed by atoms with E-state index in [4.69, 9.17) is 14.5 Å². The Labute approximate surface area is 152 Å². The Balaban J connectivity index is 2.06. The van der Waals surface area contributed by atoms with Crippen molar-refractivity contribution in [2.45, 2.75) is 46.6 Å². The van der Waals surface area contributed by atoms with Crippen molar-refractivity contribution in [3.8, 4) is 11.5 Å². The molecule has 0 atom stereocenters. The third kappa shape index (κ3) is 3.86. The Hall–Kier alpha value is -1.91. The van der Waals surface area contributed by atoms with Gasteiger partial charge in [0.05, 0.1) is 14.2 Å². The van der Waals surface area contributed by atoms with E-state index < -0.39 is 0 Å². The SMILES string of the molecule is CCNC(=NCCc1ccc(OC)c(OC)c1)N1CC(C)(C)C1(C)C. The van der Waals surface area contributed by atoms with Crippen LogP contribution in [-0.4, -0.2) is 50.3 Å². The van der Waals surface area contributed by atoms with Crippen LogP contribution in [0.5, 0.6) is 11.5 Å². The highest BCUT2D eigenvalue weighted by molar-refractivity contribution is 5.82. The van der Waals surface area contributed by atoms with Gasteiger partial charge in [0.15, 0.2) is 17.5 Å². The highest BCUT2D eigenvalue weighted by atomic mass is 16.5. The predicted molar refractivity (Wildman–Crippen MR) is 104 cm³/mol. The lowest BCUT2D eigenvalue weighted by Gasteiger charge is -2.62. The second-order valence-electron chi connectivity index (χ2n) is 7.70. The summed E-state index contributed by atoms with van der Waals surface area (Å²) in [4.78, 5) is 7.23. The first-order valence-corrected chi connectivity index (χ1v) is 9.03. The maximum absolute atomic E-state index is 5.38. The van der Waals surface area contributed by atoms with Crippen LogP contribution in [-0.2, 0) is 6.42 Å². The lowest BCUT2D eigenvalue weighted by molar-refractivity contribution is -0.0667. The van der Waals surface area contributed by atoms with Gasteiger partial charge in [0.2, 0.25) is 0 Å². The van der Waals surface area contributed by atoms with Gasteiger partial charge in [0, 0.05) is 30.6 Å². The number of hydrogen-bond acceptors (Lipinski definition) is 3. The quantitative estimate of drug-likeness (QED) is 0.633. The number of aliphatic imine (C=N–C) groups is 1. The zero-order valence-electron chi connectivity index (χ0n) is 16.8. The molecule has 1 aliphatic heterocycles. The van der Waals surface area contributed by atoms with Crippen LogP contribution >= 0.6 is 0 Å². The van der Waals surface area contributed by atoms with Crippen LogP contribution in [0.2, 0.25) is 0 Å². The average molecular weight is 348 g/mol. The standard InChI is InChI=1S/C20H33N3O2/c1-8-21-18(23-14-19(2,3)20(23,4)5)22-12-11-15-9-10-16(24-6)17(13-15)25-7/h9-10,13H,8,11-12,14H2,1-7H3,(H,21,22). The molecule has 1 saturated heterocycles. The van der Waals surface area contributed by atoms with Crippen LogP contribution < -0.4 is 14.8 Å². The molecule has 0 aliphatic carbocycles. The minimum atomic E-state index is 0.108. The molecule has 0 radical (unpaired) electrons. The molecule has 0 aromatic heterocycles. The second-order valence-corrected chi connectivity index (χ2v) is 7.70. The molecule has 140 valence electrons. The van der Waals surface area contributed by atoms with Gasteiger partial charge < -0.3 is 19.7 Å². The van der Waals surface area contributed by atoms with E-state index in [1.807, 2.05) is 12.1 Å². The van der Waals surface area contributed by atoms with Crippen LogP contribution in [0.15, 0.2) is 23.2 Å². The summed E-state index contributed by atoms with van der Waals surface area (Å²) in [6, 6.07) is 6.04. The summed E-state index contributed by atoms with van der Waals surface area (Å²) in [6.45, 7) is 14.0. The normalized spacial score (nSPS) is 18.5. The fourth-order valence-electron chi connectivity index (χ4n) is 3.12. The number of likely N-dealkylation sites (tertiary alicyclic amines) is 1. The summed E-state index contributed by atoms with van der Waals surface area (Å²) < 4.78 is 10.7. The van der Waals surface area contributed by atoms with Crippen LogP contribution in [0.25, 0.3) is 0 Å². The summed E-state index contributed by atoms with van der Waals surface area (Å²) in [5.41, 5.74) is 1.60. The van der Waals surface area contributed by atoms with Crippen molar-refractivity contribution in [1.29, 1.82) is 0 Å². The van der Waals surface area contributed by atoms with Gasteiger partial charge in [-0.1, -0.05) is 19.9 Å². The molecular weight excluding hydrogens is 314 g/mol. The fraction of sp³-hybridized carbons (Fsp3) is 0.650. The molecular formula is C20H33N3O2. The van der Waals surface area contributed by atoms with E-state index in [2.05, 4.69) is 50.9 Å². The van der Waals surface area contributed by atoms with E-state index in [1.54, 1.807) is 14.2 Å². The van der Waals surface area contributed by atoms with Gasteiger partial charge >= 0.3 is 0 Å². The number of nitrogens with zero attached hydrogens (tertiary/aromatic N) is 2. The minimum absolute atomic E-state index is 0.108. The van der Waals surface area contributed by atoms with Crippen LogP contribution in [0.1, 0.15) is 40.2 Å². The molecule has 0 amide bonds. The third-order valence-electron chi connectivity index (χ3n) is 5.58. The summed E-state index contributed by atoms with van der Waals surface area (Å²) in [6.07, 6.45) is 0.868. The van der Waals surface area contributed by atoms with Crippen LogP contribution in [0, 0.1) is 5.41 Å². The monoisotopic (exact) mass is 347 g/mol. The molecule has 0 bridgehead atoms. The van der Waals surface area contributed by atoms with E-state index in [9.17, 15) is 0 Å². The molecule has 5 heteroatoms. The number of nitrogens with one attached hydrogen (secondary N) is 1. The van der Waals surface area contributed by atoms with Crippen molar-refractivity contribution < 1.29 is 9.47 Å². The van der Waals surface area contributed by atoms with Crippen LogP contribution in [0.3, 0.4) is 0 Å². The van der Waals surface area contributed by atoms with Gasteiger partial charge in [-0.15, -0.1) is 0 Å². The first kappa shape index (κ1) is 19.4. The Morgan fingerprint density at radius 3 is 2.36 bits per heavy atom. The first-order chi connectivity index (χ1) is 11.8. The van der Waals surface area contributed by atoms with E-state index in [1.165, 1.54) is 5.56 Å². The number of benzene rings is 1. The molecule has 1 aliphatic rings. The second kappa shape index (κ2) is 7.54. The van der Waals surface area contributed by atoms with E-state index >= 15 is 0 Å². The van der Waals surface area contributed by atoms with E-state index in [0.717, 1.165) is 43.5 Å². The first-order valence-electron chi connectivity index (χ1n) is 9.03. The van der Waals surface area contributed by atoms with Crippen molar-refractivity contribution in [3.63, 3.8) is 0 Å². The topological polar surface area (TPSA) is 46.1 Å². The number of rotatable bonds is 6. The number of guanidine groups is 1. The number of ether oxygens (including phenoxy) is 2. The fourth-order valence-corrected chi connectivity index (χ4v) is 3.12. The molecule has 1 N–H and O–H groups in total.